The van der Waals surface area contributed by atoms with E-state index in [9.17, 15) is 44.3 Å². The zero-order valence-corrected chi connectivity index (χ0v) is 25.5. The lowest BCUT2D eigenvalue weighted by Gasteiger charge is -2.31. The van der Waals surface area contributed by atoms with Gasteiger partial charge in [-0.05, 0) is 51.0 Å². The van der Waals surface area contributed by atoms with Crippen molar-refractivity contribution in [3.63, 3.8) is 0 Å². The Labute approximate surface area is 255 Å². The van der Waals surface area contributed by atoms with Gasteiger partial charge < -0.3 is 19.5 Å². The van der Waals surface area contributed by atoms with Gasteiger partial charge in [-0.15, -0.1) is 0 Å². The highest BCUT2D eigenvalue weighted by Crippen LogP contribution is 2.36. The molecule has 3 aromatic rings. The summed E-state index contributed by atoms with van der Waals surface area (Å²) in [5.74, 6) is -5.70. The van der Waals surface area contributed by atoms with Gasteiger partial charge in [-0.3, -0.25) is 4.79 Å². The first-order chi connectivity index (χ1) is 20.7. The maximum atomic E-state index is 14.5. The molecule has 0 spiro atoms. The van der Waals surface area contributed by atoms with Gasteiger partial charge in [-0.25, -0.2) is 31.4 Å². The number of rotatable bonds is 7. The molecule has 45 heavy (non-hydrogen) atoms. The molecule has 4 rings (SSSR count). The summed E-state index contributed by atoms with van der Waals surface area (Å²) in [6.45, 7) is 3.97. The fourth-order valence-electron chi connectivity index (χ4n) is 4.86. The molecule has 0 aliphatic carbocycles. The Bertz CT molecular complexity index is 1720. The predicted octanol–water partition coefficient (Wildman–Crippen LogP) is 5.26. The number of alkyl carbamates (subject to hydrolysis) is 1. The fraction of sp³-hybridized carbons (Fsp3) is 0.414. The normalized spacial score (nSPS) is 14.6. The van der Waals surface area contributed by atoms with Crippen molar-refractivity contribution < 1.29 is 49.1 Å². The number of nitrogens with one attached hydrogen (secondary N) is 1. The number of fused-ring (bicyclic) bond motifs is 1. The molecule has 2 aromatic carbocycles. The summed E-state index contributed by atoms with van der Waals surface area (Å²) in [5.41, 5.74) is -1.14. The second-order valence-corrected chi connectivity index (χ2v) is 13.6. The fourth-order valence-corrected chi connectivity index (χ4v) is 5.49. The van der Waals surface area contributed by atoms with Crippen LogP contribution in [0.1, 0.15) is 44.3 Å². The number of imidazole rings is 1. The average molecular weight is 661 g/mol. The second kappa shape index (κ2) is 12.4. The number of alkyl halides is 3. The van der Waals surface area contributed by atoms with Crippen molar-refractivity contribution in [1.82, 2.24) is 19.8 Å². The van der Waals surface area contributed by atoms with Crippen molar-refractivity contribution in [2.24, 2.45) is 0 Å². The standard InChI is InChI=1S/C29H30F6N4O5S/c1-28(2,3)44-27(41)36-18(11-17-12-21(31)22(32)14-20(17)30)13-24(40)38-9-10-39-23(15-38)25(37-26(39)29(33,34)35)16-5-7-19(8-6-16)45(4,42)43/h5-8,12,14,18H,9-11,13,15H2,1-4H3,(H,36,41). The lowest BCUT2D eigenvalue weighted by atomic mass is 10.0. The third-order valence-electron chi connectivity index (χ3n) is 6.87. The van der Waals surface area contributed by atoms with E-state index in [1.807, 2.05) is 0 Å². The first-order valence-electron chi connectivity index (χ1n) is 13.6. The Kier molecular flexibility index (Phi) is 9.29. The van der Waals surface area contributed by atoms with Crippen LogP contribution in [0.4, 0.5) is 31.1 Å². The number of aromatic nitrogens is 2. The van der Waals surface area contributed by atoms with E-state index in [-0.39, 0.29) is 47.0 Å². The summed E-state index contributed by atoms with van der Waals surface area (Å²) in [5, 5.41) is 2.44. The van der Waals surface area contributed by atoms with Crippen LogP contribution in [0.25, 0.3) is 11.3 Å². The molecule has 16 heteroatoms. The minimum Gasteiger partial charge on any atom is -0.444 e. The molecule has 244 valence electrons. The Morgan fingerprint density at radius 2 is 1.62 bits per heavy atom. The number of halogens is 6. The number of ether oxygens (including phenoxy) is 1. The highest BCUT2D eigenvalue weighted by atomic mass is 32.2. The van der Waals surface area contributed by atoms with Crippen LogP contribution >= 0.6 is 0 Å². The van der Waals surface area contributed by atoms with Gasteiger partial charge >= 0.3 is 12.3 Å². The Morgan fingerprint density at radius 3 is 2.20 bits per heavy atom. The van der Waals surface area contributed by atoms with Gasteiger partial charge in [0.05, 0.1) is 22.8 Å². The van der Waals surface area contributed by atoms with Gasteiger partial charge in [0, 0.05) is 43.4 Å². The van der Waals surface area contributed by atoms with E-state index in [4.69, 9.17) is 4.74 Å². The van der Waals surface area contributed by atoms with E-state index in [1.54, 1.807) is 20.8 Å². The lowest BCUT2D eigenvalue weighted by Crippen LogP contribution is -2.45. The third-order valence-corrected chi connectivity index (χ3v) is 7.99. The molecule has 0 bridgehead atoms. The Balaban J connectivity index is 1.63. The van der Waals surface area contributed by atoms with Crippen molar-refractivity contribution in [1.29, 1.82) is 0 Å². The zero-order chi connectivity index (χ0) is 33.5. The first-order valence-corrected chi connectivity index (χ1v) is 15.5. The van der Waals surface area contributed by atoms with Gasteiger partial charge in [-0.2, -0.15) is 13.2 Å². The SMILES string of the molecule is CC(C)(C)OC(=O)NC(CC(=O)N1CCn2c(C(F)(F)F)nc(-c3ccc(S(C)(=O)=O)cc3)c2C1)Cc1cc(F)c(F)cc1F. The Morgan fingerprint density at radius 1 is 1.00 bits per heavy atom. The molecule has 1 atom stereocenters. The minimum absolute atomic E-state index is 0.0392. The predicted molar refractivity (Wildman–Crippen MR) is 149 cm³/mol. The number of nitrogens with zero attached hydrogens (tertiary/aromatic N) is 3. The van der Waals surface area contributed by atoms with Crippen molar-refractivity contribution in [3.8, 4) is 11.3 Å². The van der Waals surface area contributed by atoms with Crippen LogP contribution in [0.5, 0.6) is 0 Å². The van der Waals surface area contributed by atoms with E-state index < -0.39 is 75.8 Å². The third kappa shape index (κ3) is 8.15. The molecular formula is C29H30F6N4O5S. The van der Waals surface area contributed by atoms with Gasteiger partial charge in [0.25, 0.3) is 0 Å². The number of sulfone groups is 1. The number of carbonyl (C=O) groups is 2. The van der Waals surface area contributed by atoms with Crippen LogP contribution in [0.3, 0.4) is 0 Å². The minimum atomic E-state index is -4.83. The number of amides is 2. The molecule has 9 nitrogen and oxygen atoms in total. The quantitative estimate of drug-likeness (QED) is 0.274. The van der Waals surface area contributed by atoms with Crippen molar-refractivity contribution in [2.45, 2.75) is 69.4 Å². The molecule has 0 radical (unpaired) electrons. The van der Waals surface area contributed by atoms with Crippen LogP contribution < -0.4 is 5.32 Å². The zero-order valence-electron chi connectivity index (χ0n) is 24.6. The molecule has 1 unspecified atom stereocenters. The van der Waals surface area contributed by atoms with Crippen molar-refractivity contribution in [2.75, 3.05) is 12.8 Å². The molecule has 0 saturated carbocycles. The lowest BCUT2D eigenvalue weighted by molar-refractivity contribution is -0.148. The maximum Gasteiger partial charge on any atom is 0.449 e. The van der Waals surface area contributed by atoms with Crippen molar-refractivity contribution in [3.05, 3.63) is 70.9 Å². The number of benzene rings is 2. The van der Waals surface area contributed by atoms with Gasteiger partial charge in [-0.1, -0.05) is 12.1 Å². The highest BCUT2D eigenvalue weighted by Gasteiger charge is 2.41. The largest absolute Gasteiger partial charge is 0.449 e. The highest BCUT2D eigenvalue weighted by molar-refractivity contribution is 7.90. The van der Waals surface area contributed by atoms with Crippen molar-refractivity contribution >= 4 is 21.8 Å². The molecule has 1 aliphatic rings. The number of hydrogen-bond donors (Lipinski definition) is 1. The van der Waals surface area contributed by atoms with E-state index in [1.165, 1.54) is 29.2 Å². The molecule has 1 aromatic heterocycles. The van der Waals surface area contributed by atoms with E-state index in [0.717, 1.165) is 10.8 Å². The van der Waals surface area contributed by atoms with E-state index >= 15 is 0 Å². The summed E-state index contributed by atoms with van der Waals surface area (Å²) in [4.78, 5) is 31.0. The topological polar surface area (TPSA) is 111 Å². The average Bonchev–Trinajstić information content (AvgIpc) is 3.30. The molecule has 1 N–H and O–H groups in total. The number of hydrogen-bond acceptors (Lipinski definition) is 6. The Hall–Kier alpha value is -4.08. The van der Waals surface area contributed by atoms with E-state index in [0.29, 0.717) is 12.1 Å². The summed E-state index contributed by atoms with van der Waals surface area (Å²) >= 11 is 0. The summed E-state index contributed by atoms with van der Waals surface area (Å²) in [6, 6.07) is 4.88. The van der Waals surface area contributed by atoms with Crippen LogP contribution in [0.2, 0.25) is 0 Å². The summed E-state index contributed by atoms with van der Waals surface area (Å²) in [7, 11) is -3.58. The number of carbonyl (C=O) groups excluding carboxylic acids is 2. The molecule has 2 heterocycles. The smallest absolute Gasteiger partial charge is 0.444 e. The van der Waals surface area contributed by atoms with Crippen LogP contribution in [0, 0.1) is 17.5 Å². The monoisotopic (exact) mass is 660 g/mol. The molecule has 0 saturated heterocycles. The maximum absolute atomic E-state index is 14.5. The van der Waals surface area contributed by atoms with Crippen LogP contribution in [0.15, 0.2) is 41.3 Å². The van der Waals surface area contributed by atoms with Gasteiger partial charge in [0.1, 0.15) is 11.4 Å². The first kappa shape index (κ1) is 33.8. The molecular weight excluding hydrogens is 630 g/mol. The van der Waals surface area contributed by atoms with E-state index in [2.05, 4.69) is 10.3 Å². The van der Waals surface area contributed by atoms with Crippen LogP contribution in [-0.4, -0.2) is 59.3 Å². The second-order valence-electron chi connectivity index (χ2n) is 11.6. The summed E-state index contributed by atoms with van der Waals surface area (Å²) < 4.78 is 113. The molecule has 2 amide bonds. The molecule has 1 aliphatic heterocycles. The summed E-state index contributed by atoms with van der Waals surface area (Å²) in [6.07, 6.45) is -5.73. The van der Waals surface area contributed by atoms with Crippen LogP contribution in [-0.2, 0) is 45.1 Å². The molecule has 0 fully saturated rings. The van der Waals surface area contributed by atoms with Gasteiger partial charge in [0.2, 0.25) is 11.7 Å². The van der Waals surface area contributed by atoms with Gasteiger partial charge in [0.15, 0.2) is 21.5 Å².